The van der Waals surface area contributed by atoms with Crippen molar-refractivity contribution in [3.63, 3.8) is 0 Å². The molecule has 1 aromatic heterocycles. The first-order valence-corrected chi connectivity index (χ1v) is 12.0. The predicted molar refractivity (Wildman–Crippen MR) is 137 cm³/mol. The molecule has 0 aliphatic carbocycles. The number of likely N-dealkylation sites (N-methyl/N-ethyl adjacent to an activating group) is 1. The second-order valence-corrected chi connectivity index (χ2v) is 9.35. The Kier molecular flexibility index (Phi) is 7.89. The van der Waals surface area contributed by atoms with E-state index in [9.17, 15) is 14.3 Å². The lowest BCUT2D eigenvalue weighted by molar-refractivity contribution is -0.133. The van der Waals surface area contributed by atoms with Crippen LogP contribution in [0.4, 0.5) is 15.9 Å². The normalized spacial score (nSPS) is 15.8. The average molecular weight is 517 g/mol. The molecule has 0 spiro atoms. The summed E-state index contributed by atoms with van der Waals surface area (Å²) in [6, 6.07) is 8.37. The molecule has 2 heterocycles. The van der Waals surface area contributed by atoms with Crippen molar-refractivity contribution in [3.05, 3.63) is 53.1 Å². The molecule has 0 bridgehead atoms. The van der Waals surface area contributed by atoms with Crippen molar-refractivity contribution in [3.8, 4) is 5.75 Å². The zero-order chi connectivity index (χ0) is 25.9. The fourth-order valence-corrected chi connectivity index (χ4v) is 4.96. The summed E-state index contributed by atoms with van der Waals surface area (Å²) in [5, 5.41) is 12.9. The summed E-state index contributed by atoms with van der Waals surface area (Å²) in [6.45, 7) is 2.35. The number of β-amino-alcohol motifs (C(OH)–C–C–N with tert-alkyl or cyclic N) is 1. The summed E-state index contributed by atoms with van der Waals surface area (Å²) in [6.07, 6.45) is 2.50. The highest BCUT2D eigenvalue weighted by Crippen LogP contribution is 2.35. The Hall–Kier alpha value is -3.05. The van der Waals surface area contributed by atoms with E-state index in [2.05, 4.69) is 20.2 Å². The molecule has 4 N–H and O–H groups in total. The molecule has 4 rings (SSSR count). The average Bonchev–Trinajstić information content (AvgIpc) is 2.87. The number of hydrogen-bond acceptors (Lipinski definition) is 8. The first-order valence-electron chi connectivity index (χ1n) is 11.7. The SMILES string of the molecule is COc1cc2ncnc(Nc3cccc(Cl)c3F)c2cc1CN(C)C1(C(N)=O)CCN(CCO)CC1. The van der Waals surface area contributed by atoms with Crippen molar-refractivity contribution in [2.24, 2.45) is 5.73 Å². The van der Waals surface area contributed by atoms with E-state index in [0.29, 0.717) is 61.5 Å². The van der Waals surface area contributed by atoms with E-state index in [-0.39, 0.29) is 23.2 Å². The molecular weight excluding hydrogens is 487 g/mol. The number of aliphatic hydroxyl groups excluding tert-OH is 1. The van der Waals surface area contributed by atoms with E-state index >= 15 is 0 Å². The highest BCUT2D eigenvalue weighted by molar-refractivity contribution is 6.31. The van der Waals surface area contributed by atoms with E-state index in [1.807, 2.05) is 18.0 Å². The minimum atomic E-state index is -0.829. The predicted octanol–water partition coefficient (Wildman–Crippen LogP) is 2.92. The summed E-state index contributed by atoms with van der Waals surface area (Å²) in [5.41, 5.74) is 6.69. The van der Waals surface area contributed by atoms with Crippen LogP contribution in [0.5, 0.6) is 5.75 Å². The molecule has 36 heavy (non-hydrogen) atoms. The fraction of sp³-hybridized carbons (Fsp3) is 0.400. The lowest BCUT2D eigenvalue weighted by Crippen LogP contribution is -2.61. The smallest absolute Gasteiger partial charge is 0.238 e. The third kappa shape index (κ3) is 5.08. The van der Waals surface area contributed by atoms with Crippen molar-refractivity contribution in [2.75, 3.05) is 45.7 Å². The molecule has 0 unspecified atom stereocenters. The van der Waals surface area contributed by atoms with Gasteiger partial charge in [0.15, 0.2) is 5.82 Å². The van der Waals surface area contributed by atoms with Crippen molar-refractivity contribution in [1.29, 1.82) is 0 Å². The Morgan fingerprint density at radius 1 is 1.33 bits per heavy atom. The maximum atomic E-state index is 14.5. The van der Waals surface area contributed by atoms with Gasteiger partial charge < -0.3 is 25.8 Å². The Morgan fingerprint density at radius 2 is 2.08 bits per heavy atom. The number of rotatable bonds is 9. The van der Waals surface area contributed by atoms with Crippen LogP contribution in [-0.2, 0) is 11.3 Å². The molecule has 192 valence electrons. The van der Waals surface area contributed by atoms with Gasteiger partial charge in [-0.3, -0.25) is 9.69 Å². The number of likely N-dealkylation sites (tertiary alicyclic amines) is 1. The van der Waals surface area contributed by atoms with Gasteiger partial charge in [-0.05, 0) is 38.1 Å². The molecule has 1 amide bonds. The third-order valence-corrected chi connectivity index (χ3v) is 7.23. The lowest BCUT2D eigenvalue weighted by atomic mass is 9.84. The largest absolute Gasteiger partial charge is 0.496 e. The minimum Gasteiger partial charge on any atom is -0.496 e. The monoisotopic (exact) mass is 516 g/mol. The molecule has 0 saturated carbocycles. The molecule has 1 saturated heterocycles. The molecule has 1 aliphatic rings. The zero-order valence-corrected chi connectivity index (χ0v) is 21.1. The summed E-state index contributed by atoms with van der Waals surface area (Å²) < 4.78 is 20.2. The maximum absolute atomic E-state index is 14.5. The standard InChI is InChI=1S/C25H30ClFN6O3/c1-32(25(24(28)35)6-8-33(9-7-25)10-11-34)14-16-12-17-20(13-21(16)36-2)29-15-30-23(17)31-19-5-3-4-18(26)22(19)27/h3-5,12-13,15,34H,6-11,14H2,1-2H3,(H2,28,35)(H,29,30,31). The number of hydrogen-bond donors (Lipinski definition) is 3. The highest BCUT2D eigenvalue weighted by Gasteiger charge is 2.43. The van der Waals surface area contributed by atoms with Gasteiger partial charge in [0.05, 0.1) is 29.9 Å². The van der Waals surface area contributed by atoms with E-state index in [1.54, 1.807) is 25.3 Å². The van der Waals surface area contributed by atoms with Crippen molar-refractivity contribution in [2.45, 2.75) is 24.9 Å². The van der Waals surface area contributed by atoms with E-state index in [1.165, 1.54) is 12.4 Å². The number of benzene rings is 2. The molecule has 0 atom stereocenters. The van der Waals surface area contributed by atoms with E-state index in [0.717, 1.165) is 5.56 Å². The number of nitrogens with one attached hydrogen (secondary N) is 1. The van der Waals surface area contributed by atoms with Crippen molar-refractivity contribution >= 4 is 39.9 Å². The number of amides is 1. The van der Waals surface area contributed by atoms with Gasteiger partial charge in [0, 0.05) is 43.2 Å². The van der Waals surface area contributed by atoms with Crippen LogP contribution in [0, 0.1) is 5.82 Å². The number of carbonyl (C=O) groups excluding carboxylic acids is 1. The second kappa shape index (κ2) is 10.9. The van der Waals surface area contributed by atoms with Gasteiger partial charge >= 0.3 is 0 Å². The first kappa shape index (κ1) is 26.0. The number of anilines is 2. The number of methoxy groups -OCH3 is 1. The van der Waals surface area contributed by atoms with Crippen LogP contribution in [0.15, 0.2) is 36.7 Å². The Bertz CT molecular complexity index is 1250. The quantitative estimate of drug-likeness (QED) is 0.397. The van der Waals surface area contributed by atoms with Gasteiger partial charge in [-0.2, -0.15) is 0 Å². The van der Waals surface area contributed by atoms with Crippen LogP contribution in [-0.4, -0.2) is 76.7 Å². The number of ether oxygens (including phenoxy) is 1. The van der Waals surface area contributed by atoms with Crippen LogP contribution < -0.4 is 15.8 Å². The van der Waals surface area contributed by atoms with Gasteiger partial charge in [0.1, 0.15) is 23.4 Å². The lowest BCUT2D eigenvalue weighted by Gasteiger charge is -2.45. The van der Waals surface area contributed by atoms with Crippen LogP contribution in [0.2, 0.25) is 5.02 Å². The van der Waals surface area contributed by atoms with Crippen LogP contribution in [0.25, 0.3) is 10.9 Å². The summed E-state index contributed by atoms with van der Waals surface area (Å²) in [7, 11) is 3.45. The number of aliphatic hydroxyl groups is 1. The van der Waals surface area contributed by atoms with Gasteiger partial charge in [-0.1, -0.05) is 17.7 Å². The minimum absolute atomic E-state index is 0.00382. The number of fused-ring (bicyclic) bond motifs is 1. The number of primary amides is 1. The number of aromatic nitrogens is 2. The van der Waals surface area contributed by atoms with Crippen molar-refractivity contribution in [1.82, 2.24) is 19.8 Å². The molecule has 3 aromatic rings. The second-order valence-electron chi connectivity index (χ2n) is 8.95. The maximum Gasteiger partial charge on any atom is 0.238 e. The topological polar surface area (TPSA) is 117 Å². The van der Waals surface area contributed by atoms with E-state index in [4.69, 9.17) is 22.1 Å². The summed E-state index contributed by atoms with van der Waals surface area (Å²) >= 11 is 5.94. The van der Waals surface area contributed by atoms with Gasteiger partial charge in [0.25, 0.3) is 0 Å². The molecule has 2 aromatic carbocycles. The third-order valence-electron chi connectivity index (χ3n) is 6.94. The molecule has 1 aliphatic heterocycles. The van der Waals surface area contributed by atoms with Crippen LogP contribution >= 0.6 is 11.6 Å². The molecule has 1 fully saturated rings. The first-order chi connectivity index (χ1) is 17.3. The summed E-state index contributed by atoms with van der Waals surface area (Å²) in [5.74, 6) is 0.0609. The van der Waals surface area contributed by atoms with Gasteiger partial charge in [-0.15, -0.1) is 0 Å². The zero-order valence-electron chi connectivity index (χ0n) is 20.3. The van der Waals surface area contributed by atoms with Gasteiger partial charge in [-0.25, -0.2) is 14.4 Å². The van der Waals surface area contributed by atoms with E-state index < -0.39 is 11.4 Å². The number of nitrogens with two attached hydrogens (primary N) is 1. The molecule has 11 heteroatoms. The molecule has 0 radical (unpaired) electrons. The Morgan fingerprint density at radius 3 is 2.75 bits per heavy atom. The number of piperidine rings is 1. The Balaban J connectivity index is 1.67. The Labute approximate surface area is 214 Å². The molecular formula is C25H30ClFN6O3. The van der Waals surface area contributed by atoms with Crippen molar-refractivity contribution < 1.29 is 19.0 Å². The van der Waals surface area contributed by atoms with Crippen LogP contribution in [0.1, 0.15) is 18.4 Å². The highest BCUT2D eigenvalue weighted by atomic mass is 35.5. The summed E-state index contributed by atoms with van der Waals surface area (Å²) in [4.78, 5) is 25.4. The number of halogens is 2. The van der Waals surface area contributed by atoms with Crippen LogP contribution in [0.3, 0.4) is 0 Å². The number of nitrogens with zero attached hydrogens (tertiary/aromatic N) is 4. The number of carbonyl (C=O) groups is 1. The molecule has 9 nitrogen and oxygen atoms in total. The fourth-order valence-electron chi connectivity index (χ4n) is 4.78. The van der Waals surface area contributed by atoms with Gasteiger partial charge in [0.2, 0.25) is 5.91 Å².